The van der Waals surface area contributed by atoms with Gasteiger partial charge >= 0.3 is 0 Å². The smallest absolute Gasteiger partial charge is 0.265 e. The highest BCUT2D eigenvalue weighted by Crippen LogP contribution is 2.33. The van der Waals surface area contributed by atoms with Crippen LogP contribution in [-0.4, -0.2) is 31.0 Å². The number of hydrogen-bond acceptors (Lipinski definition) is 6. The lowest BCUT2D eigenvalue weighted by Crippen LogP contribution is -2.30. The van der Waals surface area contributed by atoms with E-state index in [1.54, 1.807) is 28.0 Å². The third kappa shape index (κ3) is 3.41. The number of amides is 1. The summed E-state index contributed by atoms with van der Waals surface area (Å²) >= 11 is 3.03. The third-order valence-electron chi connectivity index (χ3n) is 4.90. The van der Waals surface area contributed by atoms with Crippen LogP contribution in [0.1, 0.15) is 17.3 Å². The Morgan fingerprint density at radius 1 is 1.27 bits per heavy atom. The van der Waals surface area contributed by atoms with E-state index in [0.29, 0.717) is 34.2 Å². The monoisotopic (exact) mass is 441 g/mol. The van der Waals surface area contributed by atoms with Crippen molar-refractivity contribution in [1.82, 2.24) is 24.6 Å². The summed E-state index contributed by atoms with van der Waals surface area (Å²) < 4.78 is 16.4. The van der Waals surface area contributed by atoms with Crippen LogP contribution >= 0.6 is 23.1 Å². The van der Waals surface area contributed by atoms with Crippen molar-refractivity contribution < 1.29 is 9.18 Å². The van der Waals surface area contributed by atoms with E-state index in [9.17, 15) is 14.0 Å². The van der Waals surface area contributed by atoms with Gasteiger partial charge in [0.1, 0.15) is 11.2 Å². The number of nitrogens with one attached hydrogen (secondary N) is 1. The van der Waals surface area contributed by atoms with Crippen molar-refractivity contribution in [1.29, 1.82) is 0 Å². The average molecular weight is 442 g/mol. The molecular weight excluding hydrogens is 425 g/mol. The first-order valence-corrected chi connectivity index (χ1v) is 11.1. The lowest BCUT2D eigenvalue weighted by Gasteiger charge is -2.13. The number of halogens is 1. The topological polar surface area (TPSA) is 81.8 Å². The Morgan fingerprint density at radius 3 is 2.87 bits per heavy atom. The molecular formula is C20H16FN5O2S2. The van der Waals surface area contributed by atoms with Gasteiger partial charge in [-0.2, -0.15) is 5.10 Å². The zero-order valence-corrected chi connectivity index (χ0v) is 17.3. The summed E-state index contributed by atoms with van der Waals surface area (Å²) in [6.45, 7) is 0.486. The SMILES string of the molecule is O=C(CC1CSc2nc3c(cnn3-c3ccc(F)cc3)c(=O)n21)NCc1cccs1. The molecule has 1 N–H and O–H groups in total. The zero-order chi connectivity index (χ0) is 20.7. The van der Waals surface area contributed by atoms with E-state index in [1.165, 1.54) is 34.8 Å². The van der Waals surface area contributed by atoms with Crippen LogP contribution in [0.4, 0.5) is 4.39 Å². The first-order chi connectivity index (χ1) is 14.6. The zero-order valence-electron chi connectivity index (χ0n) is 15.6. The molecule has 1 amide bonds. The van der Waals surface area contributed by atoms with Gasteiger partial charge in [-0.25, -0.2) is 14.1 Å². The van der Waals surface area contributed by atoms with E-state index in [2.05, 4.69) is 15.4 Å². The predicted molar refractivity (Wildman–Crippen MR) is 114 cm³/mol. The number of hydrogen-bond donors (Lipinski definition) is 1. The Labute approximate surface area is 178 Å². The van der Waals surface area contributed by atoms with Gasteiger partial charge in [0.05, 0.1) is 24.5 Å². The molecule has 5 rings (SSSR count). The summed E-state index contributed by atoms with van der Waals surface area (Å²) in [4.78, 5) is 31.2. The molecule has 10 heteroatoms. The minimum Gasteiger partial charge on any atom is -0.351 e. The molecule has 4 heterocycles. The molecule has 0 saturated heterocycles. The predicted octanol–water partition coefficient (Wildman–Crippen LogP) is 3.14. The van der Waals surface area contributed by atoms with Gasteiger partial charge in [0.25, 0.3) is 5.56 Å². The van der Waals surface area contributed by atoms with E-state index in [4.69, 9.17) is 0 Å². The number of thioether (sulfide) groups is 1. The van der Waals surface area contributed by atoms with Crippen LogP contribution in [0.2, 0.25) is 0 Å². The average Bonchev–Trinajstić information content (AvgIpc) is 3.48. The largest absolute Gasteiger partial charge is 0.351 e. The molecule has 7 nitrogen and oxygen atoms in total. The second kappa shape index (κ2) is 7.69. The molecule has 30 heavy (non-hydrogen) atoms. The molecule has 0 bridgehead atoms. The minimum absolute atomic E-state index is 0.101. The van der Waals surface area contributed by atoms with Crippen LogP contribution in [0.5, 0.6) is 0 Å². The Kier molecular flexibility index (Phi) is 4.87. The maximum Gasteiger partial charge on any atom is 0.265 e. The van der Waals surface area contributed by atoms with Gasteiger partial charge in [-0.05, 0) is 35.7 Å². The molecule has 1 aromatic carbocycles. The molecule has 1 atom stereocenters. The van der Waals surface area contributed by atoms with Crippen molar-refractivity contribution >= 4 is 40.0 Å². The molecule has 0 radical (unpaired) electrons. The van der Waals surface area contributed by atoms with Crippen LogP contribution in [0.3, 0.4) is 0 Å². The van der Waals surface area contributed by atoms with Crippen molar-refractivity contribution in [2.24, 2.45) is 0 Å². The van der Waals surface area contributed by atoms with Crippen LogP contribution in [0.15, 0.2) is 57.9 Å². The number of thiophene rings is 1. The summed E-state index contributed by atoms with van der Waals surface area (Å²) in [5.74, 6) is 0.154. The van der Waals surface area contributed by atoms with Gasteiger partial charge in [0.15, 0.2) is 10.8 Å². The Balaban J connectivity index is 1.42. The molecule has 1 unspecified atom stereocenters. The Bertz CT molecular complexity index is 1280. The van der Waals surface area contributed by atoms with E-state index in [1.807, 2.05) is 17.5 Å². The van der Waals surface area contributed by atoms with Crippen molar-refractivity contribution in [3.05, 3.63) is 69.0 Å². The van der Waals surface area contributed by atoms with Crippen molar-refractivity contribution in [2.45, 2.75) is 24.2 Å². The van der Waals surface area contributed by atoms with E-state index in [0.717, 1.165) is 4.88 Å². The normalized spacial score (nSPS) is 15.4. The summed E-state index contributed by atoms with van der Waals surface area (Å²) in [5, 5.41) is 10.1. The van der Waals surface area contributed by atoms with Gasteiger partial charge in [-0.1, -0.05) is 17.8 Å². The van der Waals surface area contributed by atoms with Crippen LogP contribution in [-0.2, 0) is 11.3 Å². The minimum atomic E-state index is -0.347. The molecule has 0 saturated carbocycles. The van der Waals surface area contributed by atoms with Crippen molar-refractivity contribution in [3.63, 3.8) is 0 Å². The number of rotatable bonds is 5. The van der Waals surface area contributed by atoms with Gasteiger partial charge < -0.3 is 5.32 Å². The maximum atomic E-state index is 13.2. The molecule has 0 fully saturated rings. The number of fused-ring (bicyclic) bond motifs is 2. The Morgan fingerprint density at radius 2 is 2.10 bits per heavy atom. The van der Waals surface area contributed by atoms with Crippen LogP contribution in [0.25, 0.3) is 16.7 Å². The first-order valence-electron chi connectivity index (χ1n) is 9.28. The highest BCUT2D eigenvalue weighted by molar-refractivity contribution is 7.99. The summed E-state index contributed by atoms with van der Waals surface area (Å²) in [6, 6.07) is 9.50. The molecule has 4 aromatic rings. The highest BCUT2D eigenvalue weighted by Gasteiger charge is 2.29. The molecule has 0 spiro atoms. The fraction of sp³-hybridized carbons (Fsp3) is 0.200. The lowest BCUT2D eigenvalue weighted by molar-refractivity contribution is -0.121. The first kappa shape index (κ1) is 19.0. The number of benzene rings is 1. The van der Waals surface area contributed by atoms with E-state index in [-0.39, 0.29) is 29.7 Å². The number of carbonyl (C=O) groups excluding carboxylic acids is 1. The van der Waals surface area contributed by atoms with Gasteiger partial charge in [-0.3, -0.25) is 14.2 Å². The molecule has 0 aliphatic carbocycles. The van der Waals surface area contributed by atoms with Crippen molar-refractivity contribution in [2.75, 3.05) is 5.75 Å². The van der Waals surface area contributed by atoms with Gasteiger partial charge in [0, 0.05) is 17.1 Å². The molecule has 1 aliphatic heterocycles. The second-order valence-electron chi connectivity index (χ2n) is 6.86. The standard InChI is InChI=1S/C20H16FN5O2S2/c21-12-3-5-13(6-4-12)26-18-16(10-23-26)19(28)25-14(11-30-20(25)24-18)8-17(27)22-9-15-2-1-7-29-15/h1-7,10,14H,8-9,11H2,(H,22,27). The number of aromatic nitrogens is 4. The third-order valence-corrected chi connectivity index (χ3v) is 6.88. The Hall–Kier alpha value is -2.98. The van der Waals surface area contributed by atoms with E-state index < -0.39 is 0 Å². The molecule has 1 aliphatic rings. The highest BCUT2D eigenvalue weighted by atomic mass is 32.2. The summed E-state index contributed by atoms with van der Waals surface area (Å²) in [5.41, 5.74) is 0.827. The number of nitrogens with zero attached hydrogens (tertiary/aromatic N) is 4. The van der Waals surface area contributed by atoms with Crippen molar-refractivity contribution in [3.8, 4) is 5.69 Å². The van der Waals surface area contributed by atoms with Crippen LogP contribution < -0.4 is 10.9 Å². The molecule has 3 aromatic heterocycles. The van der Waals surface area contributed by atoms with Gasteiger partial charge in [-0.15, -0.1) is 11.3 Å². The van der Waals surface area contributed by atoms with Crippen LogP contribution in [0, 0.1) is 5.82 Å². The van der Waals surface area contributed by atoms with Gasteiger partial charge in [0.2, 0.25) is 5.91 Å². The fourth-order valence-corrected chi connectivity index (χ4v) is 5.21. The molecule has 152 valence electrons. The lowest BCUT2D eigenvalue weighted by atomic mass is 10.2. The number of carbonyl (C=O) groups is 1. The quantitative estimate of drug-likeness (QED) is 0.481. The van der Waals surface area contributed by atoms with E-state index >= 15 is 0 Å². The second-order valence-corrected chi connectivity index (χ2v) is 8.88. The maximum absolute atomic E-state index is 13.2. The fourth-order valence-electron chi connectivity index (χ4n) is 3.44. The summed E-state index contributed by atoms with van der Waals surface area (Å²) in [7, 11) is 0. The summed E-state index contributed by atoms with van der Waals surface area (Å²) in [6.07, 6.45) is 1.68.